The first kappa shape index (κ1) is 25.1. The van der Waals surface area contributed by atoms with Crippen LogP contribution in [0, 0.1) is 5.82 Å². The molecule has 0 saturated carbocycles. The number of halogens is 2. The van der Waals surface area contributed by atoms with Gasteiger partial charge in [-0.15, -0.1) is 0 Å². The molecule has 9 nitrogen and oxygen atoms in total. The highest BCUT2D eigenvalue weighted by Crippen LogP contribution is 2.33. The fourth-order valence-electron chi connectivity index (χ4n) is 4.58. The van der Waals surface area contributed by atoms with Gasteiger partial charge in [-0.25, -0.2) is 4.39 Å². The number of morpholine rings is 1. The van der Waals surface area contributed by atoms with Crippen LogP contribution in [0.5, 0.6) is 0 Å². The number of rotatable bonds is 6. The summed E-state index contributed by atoms with van der Waals surface area (Å²) in [5.41, 5.74) is 1.84. The third-order valence-corrected chi connectivity index (χ3v) is 6.59. The standard InChI is InChI=1S/C26H26ClFN6O3/c1-26(2)14-34(12-23(35)31-9-15-3-5-29-10-19(15)28)22(13-37-26)25(36)33-20-8-16(27)7-18-17-4-6-30-11-21(17)32-24(18)20/h3-8,10-11,22,32H,9,12-14H2,1-2H3,(H,31,35)(H,33,36). The number of fused-ring (bicyclic) bond motifs is 3. The summed E-state index contributed by atoms with van der Waals surface area (Å²) in [7, 11) is 0. The van der Waals surface area contributed by atoms with Crippen LogP contribution in [0.4, 0.5) is 10.1 Å². The fourth-order valence-corrected chi connectivity index (χ4v) is 4.79. The van der Waals surface area contributed by atoms with Crippen molar-refractivity contribution in [3.63, 3.8) is 0 Å². The van der Waals surface area contributed by atoms with Crippen LogP contribution in [0.15, 0.2) is 49.1 Å². The lowest BCUT2D eigenvalue weighted by molar-refractivity contribution is -0.146. The number of aromatic nitrogens is 3. The van der Waals surface area contributed by atoms with E-state index in [0.29, 0.717) is 22.8 Å². The second-order valence-electron chi connectivity index (χ2n) is 9.65. The van der Waals surface area contributed by atoms with Crippen molar-refractivity contribution >= 4 is 50.9 Å². The Hall–Kier alpha value is -3.60. The second kappa shape index (κ2) is 10.0. The van der Waals surface area contributed by atoms with Gasteiger partial charge in [-0.2, -0.15) is 0 Å². The molecule has 3 aromatic heterocycles. The van der Waals surface area contributed by atoms with Crippen LogP contribution in [-0.2, 0) is 20.9 Å². The Morgan fingerprint density at radius 2 is 2.00 bits per heavy atom. The number of H-pyrrole nitrogens is 1. The molecule has 4 heterocycles. The van der Waals surface area contributed by atoms with E-state index in [9.17, 15) is 14.0 Å². The maximum Gasteiger partial charge on any atom is 0.244 e. The molecule has 2 amide bonds. The van der Waals surface area contributed by atoms with E-state index >= 15 is 0 Å². The largest absolute Gasteiger partial charge is 0.372 e. The Bertz CT molecular complexity index is 1490. The molecule has 0 radical (unpaired) electrons. The summed E-state index contributed by atoms with van der Waals surface area (Å²) < 4.78 is 19.8. The highest BCUT2D eigenvalue weighted by Gasteiger charge is 2.38. The number of amides is 2. The van der Waals surface area contributed by atoms with E-state index in [1.807, 2.05) is 26.0 Å². The monoisotopic (exact) mass is 524 g/mol. The Labute approximate surface area is 217 Å². The van der Waals surface area contributed by atoms with Crippen LogP contribution >= 0.6 is 11.6 Å². The molecule has 3 N–H and O–H groups in total. The molecule has 5 rings (SSSR count). The zero-order chi connectivity index (χ0) is 26.2. The van der Waals surface area contributed by atoms with Crippen LogP contribution in [0.2, 0.25) is 5.02 Å². The minimum Gasteiger partial charge on any atom is -0.372 e. The number of benzene rings is 1. The first-order valence-electron chi connectivity index (χ1n) is 11.8. The van der Waals surface area contributed by atoms with E-state index in [2.05, 4.69) is 25.6 Å². The number of carbonyl (C=O) groups is 2. The number of nitrogens with zero attached hydrogens (tertiary/aromatic N) is 3. The van der Waals surface area contributed by atoms with Gasteiger partial charge in [0.2, 0.25) is 11.8 Å². The van der Waals surface area contributed by atoms with Crippen molar-refractivity contribution in [1.29, 1.82) is 0 Å². The number of carbonyl (C=O) groups excluding carboxylic acids is 2. The van der Waals surface area contributed by atoms with Crippen LogP contribution in [-0.4, -0.2) is 63.0 Å². The lowest BCUT2D eigenvalue weighted by Crippen LogP contribution is -2.60. The van der Waals surface area contributed by atoms with E-state index < -0.39 is 17.5 Å². The van der Waals surface area contributed by atoms with E-state index in [1.54, 1.807) is 23.4 Å². The number of anilines is 1. The van der Waals surface area contributed by atoms with Crippen LogP contribution in [0.1, 0.15) is 19.4 Å². The van der Waals surface area contributed by atoms with E-state index in [4.69, 9.17) is 16.3 Å². The molecule has 0 bridgehead atoms. The number of nitrogens with one attached hydrogen (secondary N) is 3. The molecule has 4 aromatic rings. The molecule has 0 aliphatic carbocycles. The van der Waals surface area contributed by atoms with Crippen molar-refractivity contribution in [3.8, 4) is 0 Å². The Morgan fingerprint density at radius 1 is 1.22 bits per heavy atom. The third kappa shape index (κ3) is 5.41. The molecule has 1 aliphatic rings. The zero-order valence-electron chi connectivity index (χ0n) is 20.3. The first-order chi connectivity index (χ1) is 17.7. The Kier molecular flexibility index (Phi) is 6.80. The summed E-state index contributed by atoms with van der Waals surface area (Å²) in [5.74, 6) is -1.16. The van der Waals surface area contributed by atoms with Crippen molar-refractivity contribution in [2.75, 3.05) is 25.0 Å². The lowest BCUT2D eigenvalue weighted by Gasteiger charge is -2.42. The zero-order valence-corrected chi connectivity index (χ0v) is 21.1. The van der Waals surface area contributed by atoms with E-state index in [-0.39, 0.29) is 31.5 Å². The minimum absolute atomic E-state index is 0.0213. The Balaban J connectivity index is 1.34. The summed E-state index contributed by atoms with van der Waals surface area (Å²) in [6.07, 6.45) is 5.97. The van der Waals surface area contributed by atoms with Gasteiger partial charge in [0.1, 0.15) is 11.9 Å². The van der Waals surface area contributed by atoms with Crippen molar-refractivity contribution in [1.82, 2.24) is 25.2 Å². The predicted molar refractivity (Wildman–Crippen MR) is 139 cm³/mol. The highest BCUT2D eigenvalue weighted by atomic mass is 35.5. The average molecular weight is 525 g/mol. The number of aromatic amines is 1. The maximum atomic E-state index is 13.9. The van der Waals surface area contributed by atoms with Gasteiger partial charge in [-0.05, 0) is 38.1 Å². The summed E-state index contributed by atoms with van der Waals surface area (Å²) in [6, 6.07) is 6.18. The molecule has 1 fully saturated rings. The summed E-state index contributed by atoms with van der Waals surface area (Å²) in [6.45, 7) is 4.22. The Morgan fingerprint density at radius 3 is 2.81 bits per heavy atom. The SMILES string of the molecule is CC1(C)CN(CC(=O)NCc2ccncc2F)C(C(=O)Nc2cc(Cl)cc3c2[nH]c2cnccc23)CO1. The van der Waals surface area contributed by atoms with Crippen molar-refractivity contribution in [2.45, 2.75) is 32.0 Å². The second-order valence-corrected chi connectivity index (χ2v) is 10.1. The van der Waals surface area contributed by atoms with Gasteiger partial charge in [0, 0.05) is 46.8 Å². The third-order valence-electron chi connectivity index (χ3n) is 6.37. The van der Waals surface area contributed by atoms with E-state index in [1.165, 1.54) is 12.3 Å². The molecule has 1 unspecified atom stereocenters. The molecule has 1 atom stereocenters. The van der Waals surface area contributed by atoms with Crippen LogP contribution in [0.3, 0.4) is 0 Å². The van der Waals surface area contributed by atoms with Crippen molar-refractivity contribution < 1.29 is 18.7 Å². The van der Waals surface area contributed by atoms with Crippen LogP contribution in [0.25, 0.3) is 21.8 Å². The van der Waals surface area contributed by atoms with Gasteiger partial charge in [0.15, 0.2) is 0 Å². The number of hydrogen-bond donors (Lipinski definition) is 3. The van der Waals surface area contributed by atoms with Gasteiger partial charge in [-0.3, -0.25) is 24.5 Å². The summed E-state index contributed by atoms with van der Waals surface area (Å²) in [5, 5.41) is 7.96. The molecule has 11 heteroatoms. The van der Waals surface area contributed by atoms with Gasteiger partial charge in [0.05, 0.1) is 47.9 Å². The van der Waals surface area contributed by atoms with Gasteiger partial charge < -0.3 is 20.4 Å². The topological polar surface area (TPSA) is 112 Å². The molecule has 1 saturated heterocycles. The summed E-state index contributed by atoms with van der Waals surface area (Å²) >= 11 is 6.38. The van der Waals surface area contributed by atoms with Crippen molar-refractivity contribution in [3.05, 3.63) is 65.5 Å². The molecular formula is C26H26ClFN6O3. The highest BCUT2D eigenvalue weighted by molar-refractivity contribution is 6.33. The van der Waals surface area contributed by atoms with Gasteiger partial charge in [0.25, 0.3) is 0 Å². The number of hydrogen-bond acceptors (Lipinski definition) is 6. The summed E-state index contributed by atoms with van der Waals surface area (Å²) in [4.78, 5) is 39.2. The van der Waals surface area contributed by atoms with Gasteiger partial charge >= 0.3 is 0 Å². The lowest BCUT2D eigenvalue weighted by atomic mass is 10.0. The molecule has 192 valence electrons. The van der Waals surface area contributed by atoms with E-state index in [0.717, 1.165) is 28.0 Å². The normalized spacial score (nSPS) is 17.7. The number of ether oxygens (including phenoxy) is 1. The average Bonchev–Trinajstić information content (AvgIpc) is 3.22. The molecule has 37 heavy (non-hydrogen) atoms. The minimum atomic E-state index is -0.725. The predicted octanol–water partition coefficient (Wildman–Crippen LogP) is 3.64. The molecule has 0 spiro atoms. The maximum absolute atomic E-state index is 13.9. The van der Waals surface area contributed by atoms with Crippen molar-refractivity contribution in [2.24, 2.45) is 0 Å². The van der Waals surface area contributed by atoms with Gasteiger partial charge in [-0.1, -0.05) is 11.6 Å². The molecule has 1 aliphatic heterocycles. The molecule has 1 aromatic carbocycles. The first-order valence-corrected chi connectivity index (χ1v) is 12.2. The fraction of sp³-hybridized carbons (Fsp3) is 0.308. The number of pyridine rings is 2. The smallest absolute Gasteiger partial charge is 0.244 e. The quantitative estimate of drug-likeness (QED) is 0.355. The molecular weight excluding hydrogens is 499 g/mol. The van der Waals surface area contributed by atoms with Crippen LogP contribution < -0.4 is 10.6 Å².